The molecule has 8 nitrogen and oxygen atoms in total. The van der Waals surface area contributed by atoms with Gasteiger partial charge in [0.25, 0.3) is 0 Å². The largest absolute Gasteiger partial charge is 0.351 e. The number of benzene rings is 1. The number of hydrogen-bond acceptors (Lipinski definition) is 6. The van der Waals surface area contributed by atoms with Crippen molar-refractivity contribution in [2.45, 2.75) is 57.5 Å². The monoisotopic (exact) mass is 455 g/mol. The van der Waals surface area contributed by atoms with Crippen molar-refractivity contribution >= 4 is 34.7 Å². The summed E-state index contributed by atoms with van der Waals surface area (Å²) in [5, 5.41) is 6.26. The van der Waals surface area contributed by atoms with E-state index in [1.807, 2.05) is 4.57 Å². The molecule has 1 unspecified atom stereocenters. The number of likely N-dealkylation sites (tertiary alicyclic amines) is 1. The second-order valence-corrected chi connectivity index (χ2v) is 8.82. The average molecular weight is 456 g/mol. The fourth-order valence-corrected chi connectivity index (χ4v) is 4.79. The normalized spacial score (nSPS) is 19.2. The zero-order valence-corrected chi connectivity index (χ0v) is 18.5. The highest BCUT2D eigenvalue weighted by atomic mass is 19.1. The molecule has 1 aromatic carbocycles. The van der Waals surface area contributed by atoms with E-state index >= 15 is 0 Å². The molecule has 5 rings (SSSR count). The fourth-order valence-electron chi connectivity index (χ4n) is 4.79. The van der Waals surface area contributed by atoms with E-state index in [4.69, 9.17) is 4.98 Å². The maximum absolute atomic E-state index is 14.4. The minimum Gasteiger partial charge on any atom is -0.351 e. The number of nitrogens with zero attached hydrogens (tertiary/aromatic N) is 5. The maximum atomic E-state index is 14.4. The molecule has 1 atom stereocenters. The van der Waals surface area contributed by atoms with E-state index < -0.39 is 11.6 Å². The molecule has 1 aliphatic heterocycles. The van der Waals surface area contributed by atoms with Crippen LogP contribution in [0.3, 0.4) is 0 Å². The van der Waals surface area contributed by atoms with Crippen LogP contribution in [0.5, 0.6) is 0 Å². The van der Waals surface area contributed by atoms with E-state index in [-0.39, 0.29) is 23.6 Å². The Bertz CT molecular complexity index is 1150. The number of fused-ring (bicyclic) bond motifs is 1. The summed E-state index contributed by atoms with van der Waals surface area (Å²) in [5.41, 5.74) is 0.812. The van der Waals surface area contributed by atoms with Gasteiger partial charge in [0.15, 0.2) is 5.65 Å². The lowest BCUT2D eigenvalue weighted by atomic mass is 9.96. The van der Waals surface area contributed by atoms with Crippen molar-refractivity contribution in [3.8, 4) is 0 Å². The third kappa shape index (κ3) is 4.34. The van der Waals surface area contributed by atoms with Gasteiger partial charge in [0.1, 0.15) is 22.8 Å². The predicted octanol–water partition coefficient (Wildman–Crippen LogP) is 4.39. The van der Waals surface area contributed by atoms with Gasteiger partial charge in [0, 0.05) is 26.1 Å². The minimum atomic E-state index is -0.712. The van der Waals surface area contributed by atoms with Crippen LogP contribution in [0, 0.1) is 11.6 Å². The summed E-state index contributed by atoms with van der Waals surface area (Å²) >= 11 is 0. The highest BCUT2D eigenvalue weighted by Crippen LogP contribution is 2.33. The first-order chi connectivity index (χ1) is 16.0. The second kappa shape index (κ2) is 8.92. The molecule has 3 aromatic rings. The maximum Gasteiger partial charge on any atom is 0.224 e. The Morgan fingerprint density at radius 1 is 1.09 bits per heavy atom. The van der Waals surface area contributed by atoms with Crippen LogP contribution in [0.25, 0.3) is 11.2 Å². The van der Waals surface area contributed by atoms with Crippen LogP contribution >= 0.6 is 0 Å². The first-order valence-electron chi connectivity index (χ1n) is 11.5. The number of halogens is 2. The van der Waals surface area contributed by atoms with Gasteiger partial charge < -0.3 is 15.5 Å². The minimum absolute atomic E-state index is 0.00846. The molecule has 2 N–H and O–H groups in total. The standard InChI is InChI=1S/C23H27F2N7O/c1-14(33)31-11-10-16(13-31)32-21-19(12-26-22(30-21)27-15-6-3-2-4-7-15)28-23(32)29-20-17(24)8-5-9-18(20)25/h5,8-9,12,15-16H,2-4,6-7,10-11,13H2,1H3,(H,28,29)(H,26,27,30). The number of carbonyl (C=O) groups is 1. The number of rotatable bonds is 5. The van der Waals surface area contributed by atoms with Gasteiger partial charge in [-0.05, 0) is 31.4 Å². The molecule has 10 heteroatoms. The number of anilines is 3. The summed E-state index contributed by atoms with van der Waals surface area (Å²) in [4.78, 5) is 27.4. The Morgan fingerprint density at radius 2 is 1.85 bits per heavy atom. The number of imidazole rings is 1. The highest BCUT2D eigenvalue weighted by molar-refractivity contribution is 5.77. The quantitative estimate of drug-likeness (QED) is 0.594. The Kier molecular flexibility index (Phi) is 5.82. The topological polar surface area (TPSA) is 88.0 Å². The zero-order valence-electron chi connectivity index (χ0n) is 18.5. The summed E-state index contributed by atoms with van der Waals surface area (Å²) in [6.45, 7) is 2.62. The summed E-state index contributed by atoms with van der Waals surface area (Å²) in [6, 6.07) is 3.90. The van der Waals surface area contributed by atoms with Crippen LogP contribution in [-0.2, 0) is 4.79 Å². The molecule has 1 aliphatic carbocycles. The molecule has 174 valence electrons. The molecule has 0 radical (unpaired) electrons. The van der Waals surface area contributed by atoms with E-state index in [1.54, 1.807) is 11.1 Å². The zero-order chi connectivity index (χ0) is 22.9. The molecular weight excluding hydrogens is 428 g/mol. The molecule has 1 saturated heterocycles. The smallest absolute Gasteiger partial charge is 0.224 e. The molecule has 0 spiro atoms. The molecule has 2 fully saturated rings. The number of para-hydroxylation sites is 1. The lowest BCUT2D eigenvalue weighted by Crippen LogP contribution is -2.26. The van der Waals surface area contributed by atoms with Crippen molar-refractivity contribution in [1.82, 2.24) is 24.4 Å². The van der Waals surface area contributed by atoms with Gasteiger partial charge in [0.2, 0.25) is 17.8 Å². The Balaban J connectivity index is 1.54. The van der Waals surface area contributed by atoms with Crippen LogP contribution in [0.4, 0.5) is 26.4 Å². The first-order valence-corrected chi connectivity index (χ1v) is 11.5. The van der Waals surface area contributed by atoms with Crippen LogP contribution in [0.2, 0.25) is 0 Å². The molecule has 0 bridgehead atoms. The summed E-state index contributed by atoms with van der Waals surface area (Å²) in [7, 11) is 0. The predicted molar refractivity (Wildman–Crippen MR) is 121 cm³/mol. The van der Waals surface area contributed by atoms with E-state index in [2.05, 4.69) is 20.6 Å². The first kappa shape index (κ1) is 21.5. The Labute approximate surface area is 190 Å². The van der Waals surface area contributed by atoms with Crippen LogP contribution in [-0.4, -0.2) is 49.5 Å². The molecule has 2 aromatic heterocycles. The van der Waals surface area contributed by atoms with Gasteiger partial charge in [-0.2, -0.15) is 4.98 Å². The molecule has 3 heterocycles. The van der Waals surface area contributed by atoms with Gasteiger partial charge in [-0.3, -0.25) is 9.36 Å². The van der Waals surface area contributed by atoms with E-state index in [0.717, 1.165) is 12.8 Å². The third-order valence-corrected chi connectivity index (χ3v) is 6.54. The molecule has 2 aliphatic rings. The van der Waals surface area contributed by atoms with Crippen molar-refractivity contribution < 1.29 is 13.6 Å². The second-order valence-electron chi connectivity index (χ2n) is 8.82. The Morgan fingerprint density at radius 3 is 2.55 bits per heavy atom. The van der Waals surface area contributed by atoms with Crippen molar-refractivity contribution in [2.24, 2.45) is 0 Å². The van der Waals surface area contributed by atoms with Crippen LogP contribution in [0.1, 0.15) is 51.5 Å². The number of nitrogens with one attached hydrogen (secondary N) is 2. The molecule has 1 amide bonds. The molecule has 33 heavy (non-hydrogen) atoms. The van der Waals surface area contributed by atoms with Crippen molar-refractivity contribution in [1.29, 1.82) is 0 Å². The van der Waals surface area contributed by atoms with Crippen LogP contribution < -0.4 is 10.6 Å². The molecular formula is C23H27F2N7O. The molecule has 1 saturated carbocycles. The van der Waals surface area contributed by atoms with Crippen LogP contribution in [0.15, 0.2) is 24.4 Å². The van der Waals surface area contributed by atoms with Gasteiger partial charge >= 0.3 is 0 Å². The van der Waals surface area contributed by atoms with E-state index in [1.165, 1.54) is 44.4 Å². The van der Waals surface area contributed by atoms with Gasteiger partial charge in [-0.1, -0.05) is 25.3 Å². The van der Waals surface area contributed by atoms with Crippen molar-refractivity contribution in [2.75, 3.05) is 23.7 Å². The van der Waals surface area contributed by atoms with Crippen molar-refractivity contribution in [3.63, 3.8) is 0 Å². The lowest BCUT2D eigenvalue weighted by molar-refractivity contribution is -0.127. The third-order valence-electron chi connectivity index (χ3n) is 6.54. The Hall–Kier alpha value is -3.30. The fraction of sp³-hybridized carbons (Fsp3) is 0.478. The number of carbonyl (C=O) groups excluding carboxylic acids is 1. The summed E-state index contributed by atoms with van der Waals surface area (Å²) in [5.74, 6) is -0.646. The number of aromatic nitrogens is 4. The number of amides is 1. The summed E-state index contributed by atoms with van der Waals surface area (Å²) in [6.07, 6.45) is 8.10. The van der Waals surface area contributed by atoms with Gasteiger partial charge in [-0.15, -0.1) is 0 Å². The van der Waals surface area contributed by atoms with Gasteiger partial charge in [0.05, 0.1) is 12.2 Å². The summed E-state index contributed by atoms with van der Waals surface area (Å²) < 4.78 is 30.6. The van der Waals surface area contributed by atoms with Gasteiger partial charge in [-0.25, -0.2) is 18.7 Å². The average Bonchev–Trinajstić information content (AvgIpc) is 3.41. The number of hydrogen-bond donors (Lipinski definition) is 2. The lowest BCUT2D eigenvalue weighted by Gasteiger charge is -2.22. The highest BCUT2D eigenvalue weighted by Gasteiger charge is 2.30. The SMILES string of the molecule is CC(=O)N1CCC(n2c(Nc3c(F)cccc3F)nc3cnc(NC4CCCCC4)nc32)C1. The van der Waals surface area contributed by atoms with E-state index in [0.29, 0.717) is 42.7 Å². The van der Waals surface area contributed by atoms with Crippen molar-refractivity contribution in [3.05, 3.63) is 36.0 Å². The van der Waals surface area contributed by atoms with E-state index in [9.17, 15) is 13.6 Å².